The lowest BCUT2D eigenvalue weighted by Gasteiger charge is -2.19. The van der Waals surface area contributed by atoms with Gasteiger partial charge in [0, 0.05) is 34.8 Å². The van der Waals surface area contributed by atoms with E-state index >= 15 is 0 Å². The fraction of sp³-hybridized carbons (Fsp3) is 1.00. The van der Waals surface area contributed by atoms with Crippen molar-refractivity contribution >= 4 is 10.8 Å². The third-order valence-electron chi connectivity index (χ3n) is 2.83. The van der Waals surface area contributed by atoms with Gasteiger partial charge in [0.05, 0.1) is 0 Å². The Morgan fingerprint density at radius 3 is 2.39 bits per heavy atom. The summed E-state index contributed by atoms with van der Waals surface area (Å²) in [5.74, 6) is -4.45. The van der Waals surface area contributed by atoms with Crippen molar-refractivity contribution in [3.05, 3.63) is 0 Å². The zero-order valence-corrected chi connectivity index (χ0v) is 10.5. The van der Waals surface area contributed by atoms with Crippen LogP contribution < -0.4 is 5.32 Å². The first-order chi connectivity index (χ1) is 8.22. The Labute approximate surface area is 105 Å². The molecule has 0 aromatic heterocycles. The molecule has 1 rings (SSSR count). The van der Waals surface area contributed by atoms with Crippen molar-refractivity contribution in [3.63, 3.8) is 0 Å². The first-order valence-corrected chi connectivity index (χ1v) is 7.24. The van der Waals surface area contributed by atoms with E-state index in [1.165, 1.54) is 0 Å². The summed E-state index contributed by atoms with van der Waals surface area (Å²) >= 11 is 0. The lowest BCUT2D eigenvalue weighted by atomic mass is 10.2. The monoisotopic (exact) mass is 293 g/mol. The van der Waals surface area contributed by atoms with E-state index in [0.29, 0.717) is 5.75 Å². The summed E-state index contributed by atoms with van der Waals surface area (Å²) in [6.07, 6.45) is -5.33. The van der Waals surface area contributed by atoms with Crippen molar-refractivity contribution in [3.8, 4) is 0 Å². The highest BCUT2D eigenvalue weighted by Crippen LogP contribution is 2.38. The molecule has 8 heteroatoms. The Morgan fingerprint density at radius 2 is 1.89 bits per heavy atom. The largest absolute Gasteiger partial charge is 0.453 e. The summed E-state index contributed by atoms with van der Waals surface area (Å²) in [4.78, 5) is 0. The van der Waals surface area contributed by atoms with Gasteiger partial charge in [-0.1, -0.05) is 0 Å². The molecule has 1 fully saturated rings. The molecule has 0 spiro atoms. The summed E-state index contributed by atoms with van der Waals surface area (Å²) in [6, 6.07) is 0.106. The molecular weight excluding hydrogens is 277 g/mol. The van der Waals surface area contributed by atoms with Crippen LogP contribution in [-0.2, 0) is 10.8 Å². The molecule has 0 bridgehead atoms. The van der Waals surface area contributed by atoms with Crippen LogP contribution >= 0.6 is 0 Å². The van der Waals surface area contributed by atoms with Gasteiger partial charge in [-0.15, -0.1) is 0 Å². The molecule has 2 atom stereocenters. The maximum absolute atomic E-state index is 12.5. The molecule has 1 unspecified atom stereocenters. The number of hydrogen-bond donors (Lipinski definition) is 1. The minimum atomic E-state index is -5.51. The summed E-state index contributed by atoms with van der Waals surface area (Å²) in [5, 5.41) is 3.10. The zero-order valence-electron chi connectivity index (χ0n) is 9.73. The average molecular weight is 293 g/mol. The SMILES string of the molecule is O=S(CCCC(F)(F)C(F)(F)F)C[C@@H]1CCCN1. The van der Waals surface area contributed by atoms with Crippen LogP contribution in [0.5, 0.6) is 0 Å². The van der Waals surface area contributed by atoms with Crippen molar-refractivity contribution in [2.75, 3.05) is 18.1 Å². The lowest BCUT2D eigenvalue weighted by Crippen LogP contribution is -2.36. The molecule has 0 amide bonds. The van der Waals surface area contributed by atoms with Gasteiger partial charge in [0.1, 0.15) is 0 Å². The molecule has 18 heavy (non-hydrogen) atoms. The van der Waals surface area contributed by atoms with Crippen molar-refractivity contribution in [1.29, 1.82) is 0 Å². The quantitative estimate of drug-likeness (QED) is 0.762. The number of hydrogen-bond acceptors (Lipinski definition) is 2. The highest BCUT2D eigenvalue weighted by molar-refractivity contribution is 7.85. The van der Waals surface area contributed by atoms with Gasteiger partial charge in [-0.2, -0.15) is 22.0 Å². The zero-order chi connectivity index (χ0) is 13.8. The summed E-state index contributed by atoms with van der Waals surface area (Å²) in [6.45, 7) is 0.841. The van der Waals surface area contributed by atoms with Gasteiger partial charge >= 0.3 is 12.1 Å². The maximum atomic E-state index is 12.5. The summed E-state index contributed by atoms with van der Waals surface area (Å²) in [7, 11) is -1.33. The van der Waals surface area contributed by atoms with E-state index in [4.69, 9.17) is 0 Å². The van der Waals surface area contributed by atoms with Crippen LogP contribution in [0.1, 0.15) is 25.7 Å². The molecule has 1 aliphatic rings. The molecular formula is C10H16F5NOS. The maximum Gasteiger partial charge on any atom is 0.453 e. The van der Waals surface area contributed by atoms with E-state index in [1.807, 2.05) is 0 Å². The van der Waals surface area contributed by atoms with Crippen LogP contribution in [0.15, 0.2) is 0 Å². The molecule has 0 aromatic carbocycles. The third kappa shape index (κ3) is 4.79. The van der Waals surface area contributed by atoms with Gasteiger partial charge in [-0.25, -0.2) is 0 Å². The lowest BCUT2D eigenvalue weighted by molar-refractivity contribution is -0.284. The summed E-state index contributed by atoms with van der Waals surface area (Å²) < 4.78 is 72.1. The van der Waals surface area contributed by atoms with Gasteiger partial charge in [-0.05, 0) is 25.8 Å². The van der Waals surface area contributed by atoms with E-state index in [-0.39, 0.29) is 18.2 Å². The van der Waals surface area contributed by atoms with E-state index in [9.17, 15) is 26.2 Å². The highest BCUT2D eigenvalue weighted by atomic mass is 32.2. The minimum Gasteiger partial charge on any atom is -0.313 e. The molecule has 0 aliphatic carbocycles. The van der Waals surface area contributed by atoms with Gasteiger partial charge < -0.3 is 5.32 Å². The molecule has 2 nitrogen and oxygen atoms in total. The number of halogens is 5. The van der Waals surface area contributed by atoms with Gasteiger partial charge in [0.15, 0.2) is 0 Å². The van der Waals surface area contributed by atoms with Crippen LogP contribution in [0.25, 0.3) is 0 Å². The molecule has 1 aliphatic heterocycles. The molecule has 1 heterocycles. The molecule has 0 saturated carbocycles. The molecule has 0 radical (unpaired) electrons. The molecule has 0 aromatic rings. The fourth-order valence-corrected chi connectivity index (χ4v) is 3.17. The van der Waals surface area contributed by atoms with Gasteiger partial charge in [-0.3, -0.25) is 4.21 Å². The highest BCUT2D eigenvalue weighted by Gasteiger charge is 2.56. The predicted octanol–water partition coefficient (Wildman–Crippen LogP) is 2.46. The molecule has 108 valence electrons. The second-order valence-electron chi connectivity index (χ2n) is 4.41. The van der Waals surface area contributed by atoms with Crippen LogP contribution in [0.3, 0.4) is 0 Å². The number of rotatable bonds is 6. The van der Waals surface area contributed by atoms with Gasteiger partial charge in [0.25, 0.3) is 0 Å². The predicted molar refractivity (Wildman–Crippen MR) is 59.1 cm³/mol. The Morgan fingerprint density at radius 1 is 1.22 bits per heavy atom. The fourth-order valence-electron chi connectivity index (χ4n) is 1.80. The normalized spacial score (nSPS) is 23.3. The van der Waals surface area contributed by atoms with Gasteiger partial charge in [0.2, 0.25) is 0 Å². The van der Waals surface area contributed by atoms with Crippen LogP contribution in [0, 0.1) is 0 Å². The van der Waals surface area contributed by atoms with Crippen molar-refractivity contribution in [1.82, 2.24) is 5.32 Å². The minimum absolute atomic E-state index is 0.106. The van der Waals surface area contributed by atoms with Crippen LogP contribution in [0.2, 0.25) is 0 Å². The van der Waals surface area contributed by atoms with E-state index < -0.39 is 29.3 Å². The molecule has 1 saturated heterocycles. The van der Waals surface area contributed by atoms with Crippen LogP contribution in [0.4, 0.5) is 22.0 Å². The topological polar surface area (TPSA) is 29.1 Å². The molecule has 1 N–H and O–H groups in total. The van der Waals surface area contributed by atoms with Crippen molar-refractivity contribution in [2.24, 2.45) is 0 Å². The first-order valence-electron chi connectivity index (χ1n) is 5.75. The second kappa shape index (κ2) is 6.27. The first kappa shape index (κ1) is 15.8. The number of nitrogens with one attached hydrogen (secondary N) is 1. The smallest absolute Gasteiger partial charge is 0.313 e. The summed E-state index contributed by atoms with van der Waals surface area (Å²) in [5.41, 5.74) is 0. The Hall–Kier alpha value is -0.240. The van der Waals surface area contributed by atoms with E-state index in [0.717, 1.165) is 19.4 Å². The Kier molecular flexibility index (Phi) is 5.51. The average Bonchev–Trinajstić information content (AvgIpc) is 2.68. The van der Waals surface area contributed by atoms with E-state index in [2.05, 4.69) is 5.32 Å². The third-order valence-corrected chi connectivity index (χ3v) is 4.35. The number of alkyl halides is 5. The second-order valence-corrected chi connectivity index (χ2v) is 6.03. The van der Waals surface area contributed by atoms with Crippen molar-refractivity contribution in [2.45, 2.75) is 43.8 Å². The standard InChI is InChI=1S/C10H16F5NOS/c11-9(12,10(13,14)15)4-2-6-18(17)7-8-3-1-5-16-8/h8,16H,1-7H2/t8-,18?/m0/s1. The Bertz CT molecular complexity index is 288. The Balaban J connectivity index is 2.22. The van der Waals surface area contributed by atoms with Crippen molar-refractivity contribution < 1.29 is 26.2 Å². The van der Waals surface area contributed by atoms with E-state index in [1.54, 1.807) is 0 Å². The van der Waals surface area contributed by atoms with Crippen LogP contribution in [-0.4, -0.2) is 40.4 Å².